The molecule has 0 aromatic rings. The molecule has 0 amide bonds. The third kappa shape index (κ3) is 8.78. The number of allylic oxidation sites excluding steroid dienone is 1. The standard InChI is InChI=1S/C18H36/c1-7-9-10-16(4)12-14-18(6)17(5)13-11-15(3)8-2/h8,15-18H,2,7,9-14H2,1,3-6H3. The average Bonchev–Trinajstić information content (AvgIpc) is 2.38. The summed E-state index contributed by atoms with van der Waals surface area (Å²) in [6.45, 7) is 15.7. The Morgan fingerprint density at radius 3 is 1.89 bits per heavy atom. The van der Waals surface area contributed by atoms with Crippen molar-refractivity contribution in [2.24, 2.45) is 23.7 Å². The van der Waals surface area contributed by atoms with Crippen LogP contribution >= 0.6 is 0 Å². The maximum atomic E-state index is 3.87. The first kappa shape index (κ1) is 17.7. The molecule has 4 unspecified atom stereocenters. The average molecular weight is 252 g/mol. The highest BCUT2D eigenvalue weighted by Crippen LogP contribution is 2.26. The topological polar surface area (TPSA) is 0 Å². The van der Waals surface area contributed by atoms with E-state index < -0.39 is 0 Å². The molecule has 0 nitrogen and oxygen atoms in total. The normalized spacial score (nSPS) is 18.1. The van der Waals surface area contributed by atoms with Crippen LogP contribution in [0.3, 0.4) is 0 Å². The van der Waals surface area contributed by atoms with Crippen LogP contribution in [0.5, 0.6) is 0 Å². The van der Waals surface area contributed by atoms with E-state index in [9.17, 15) is 0 Å². The van der Waals surface area contributed by atoms with Crippen LogP contribution in [0.2, 0.25) is 0 Å². The van der Waals surface area contributed by atoms with Crippen LogP contribution in [0.1, 0.15) is 79.6 Å². The van der Waals surface area contributed by atoms with Gasteiger partial charge in [-0.25, -0.2) is 0 Å². The molecule has 0 rings (SSSR count). The Bertz CT molecular complexity index is 194. The molecule has 4 atom stereocenters. The third-order valence-electron chi connectivity index (χ3n) is 4.62. The van der Waals surface area contributed by atoms with Gasteiger partial charge in [0, 0.05) is 0 Å². The second kappa shape index (κ2) is 10.6. The SMILES string of the molecule is C=CC(C)CCC(C)C(C)CCC(C)CCCC. The van der Waals surface area contributed by atoms with Gasteiger partial charge < -0.3 is 0 Å². The van der Waals surface area contributed by atoms with Crippen LogP contribution in [-0.4, -0.2) is 0 Å². The molecule has 0 heteroatoms. The fourth-order valence-electron chi connectivity index (χ4n) is 2.46. The number of unbranched alkanes of at least 4 members (excludes halogenated alkanes) is 1. The largest absolute Gasteiger partial charge is 0.103 e. The van der Waals surface area contributed by atoms with E-state index in [2.05, 4.69) is 47.3 Å². The van der Waals surface area contributed by atoms with Crippen molar-refractivity contribution < 1.29 is 0 Å². The molecule has 0 aliphatic heterocycles. The summed E-state index contributed by atoms with van der Waals surface area (Å²) >= 11 is 0. The Balaban J connectivity index is 3.72. The van der Waals surface area contributed by atoms with E-state index in [1.54, 1.807) is 0 Å². The fraction of sp³-hybridized carbons (Fsp3) is 0.889. The molecule has 0 radical (unpaired) electrons. The Hall–Kier alpha value is -0.260. The lowest BCUT2D eigenvalue weighted by Crippen LogP contribution is -2.11. The summed E-state index contributed by atoms with van der Waals surface area (Å²) in [4.78, 5) is 0. The quantitative estimate of drug-likeness (QED) is 0.370. The second-order valence-corrected chi connectivity index (χ2v) is 6.57. The van der Waals surface area contributed by atoms with Crippen molar-refractivity contribution in [3.05, 3.63) is 12.7 Å². The molecule has 0 aliphatic carbocycles. The van der Waals surface area contributed by atoms with E-state index in [-0.39, 0.29) is 0 Å². The maximum Gasteiger partial charge on any atom is -0.0265 e. The minimum atomic E-state index is 0.683. The molecule has 0 saturated heterocycles. The lowest BCUT2D eigenvalue weighted by molar-refractivity contribution is 0.298. The van der Waals surface area contributed by atoms with Gasteiger partial charge >= 0.3 is 0 Å². The molecule has 0 N–H and O–H groups in total. The van der Waals surface area contributed by atoms with Gasteiger partial charge in [0.1, 0.15) is 0 Å². The zero-order valence-corrected chi connectivity index (χ0v) is 13.5. The van der Waals surface area contributed by atoms with Crippen LogP contribution in [0.15, 0.2) is 12.7 Å². The zero-order valence-electron chi connectivity index (χ0n) is 13.5. The van der Waals surface area contributed by atoms with Crippen molar-refractivity contribution in [1.29, 1.82) is 0 Å². The van der Waals surface area contributed by atoms with Crippen molar-refractivity contribution >= 4 is 0 Å². The summed E-state index contributed by atoms with van der Waals surface area (Å²) in [5.74, 6) is 3.35. The van der Waals surface area contributed by atoms with Gasteiger partial charge in [-0.2, -0.15) is 0 Å². The second-order valence-electron chi connectivity index (χ2n) is 6.57. The minimum absolute atomic E-state index is 0.683. The lowest BCUT2D eigenvalue weighted by Gasteiger charge is -2.22. The van der Waals surface area contributed by atoms with Crippen LogP contribution in [0, 0.1) is 23.7 Å². The smallest absolute Gasteiger partial charge is 0.0265 e. The first-order valence-electron chi connectivity index (χ1n) is 8.13. The lowest BCUT2D eigenvalue weighted by atomic mass is 9.84. The Morgan fingerprint density at radius 2 is 1.39 bits per heavy atom. The predicted octanol–water partition coefficient (Wildman–Crippen LogP) is 6.47. The van der Waals surface area contributed by atoms with Crippen LogP contribution in [-0.2, 0) is 0 Å². The van der Waals surface area contributed by atoms with E-state index in [1.165, 1.54) is 44.9 Å². The van der Waals surface area contributed by atoms with Gasteiger partial charge in [0.25, 0.3) is 0 Å². The maximum absolute atomic E-state index is 3.87. The van der Waals surface area contributed by atoms with E-state index in [0.717, 1.165) is 17.8 Å². The molecule has 0 spiro atoms. The van der Waals surface area contributed by atoms with Crippen LogP contribution in [0.4, 0.5) is 0 Å². The summed E-state index contributed by atoms with van der Waals surface area (Å²) < 4.78 is 0. The van der Waals surface area contributed by atoms with Gasteiger partial charge in [-0.3, -0.25) is 0 Å². The Morgan fingerprint density at radius 1 is 0.833 bits per heavy atom. The van der Waals surface area contributed by atoms with Crippen molar-refractivity contribution in [2.75, 3.05) is 0 Å². The molecule has 108 valence electrons. The van der Waals surface area contributed by atoms with E-state index in [4.69, 9.17) is 0 Å². The highest BCUT2D eigenvalue weighted by molar-refractivity contribution is 4.76. The van der Waals surface area contributed by atoms with Crippen molar-refractivity contribution in [3.63, 3.8) is 0 Å². The molecule has 0 fully saturated rings. The monoisotopic (exact) mass is 252 g/mol. The first-order valence-corrected chi connectivity index (χ1v) is 8.13. The summed E-state index contributed by atoms with van der Waals surface area (Å²) in [6.07, 6.45) is 11.8. The Labute approximate surface area is 116 Å². The molecule has 0 saturated carbocycles. The molecule has 0 aliphatic rings. The Kier molecular flexibility index (Phi) is 10.5. The van der Waals surface area contributed by atoms with Crippen molar-refractivity contribution in [2.45, 2.75) is 79.6 Å². The van der Waals surface area contributed by atoms with E-state index in [0.29, 0.717) is 5.92 Å². The van der Waals surface area contributed by atoms with E-state index >= 15 is 0 Å². The van der Waals surface area contributed by atoms with E-state index in [1.807, 2.05) is 0 Å². The first-order chi connectivity index (χ1) is 8.51. The number of rotatable bonds is 11. The highest BCUT2D eigenvalue weighted by Gasteiger charge is 2.14. The number of hydrogen-bond acceptors (Lipinski definition) is 0. The van der Waals surface area contributed by atoms with Gasteiger partial charge in [-0.05, 0) is 36.5 Å². The highest BCUT2D eigenvalue weighted by atomic mass is 14.2. The number of hydrogen-bond donors (Lipinski definition) is 0. The molecule has 0 heterocycles. The molecule has 0 bridgehead atoms. The minimum Gasteiger partial charge on any atom is -0.103 e. The molecule has 0 aromatic heterocycles. The molecule has 18 heavy (non-hydrogen) atoms. The van der Waals surface area contributed by atoms with Gasteiger partial charge in [-0.15, -0.1) is 6.58 Å². The molecule has 0 aromatic carbocycles. The predicted molar refractivity (Wildman–Crippen MR) is 84.8 cm³/mol. The van der Waals surface area contributed by atoms with Gasteiger partial charge in [-0.1, -0.05) is 72.8 Å². The molecular weight excluding hydrogens is 216 g/mol. The zero-order chi connectivity index (χ0) is 14.0. The summed E-state index contributed by atoms with van der Waals surface area (Å²) in [6, 6.07) is 0. The summed E-state index contributed by atoms with van der Waals surface area (Å²) in [7, 11) is 0. The van der Waals surface area contributed by atoms with Gasteiger partial charge in [0.2, 0.25) is 0 Å². The van der Waals surface area contributed by atoms with Crippen molar-refractivity contribution in [3.8, 4) is 0 Å². The van der Waals surface area contributed by atoms with Crippen LogP contribution in [0.25, 0.3) is 0 Å². The summed E-state index contributed by atoms with van der Waals surface area (Å²) in [5, 5.41) is 0. The fourth-order valence-corrected chi connectivity index (χ4v) is 2.46. The van der Waals surface area contributed by atoms with Gasteiger partial charge in [0.15, 0.2) is 0 Å². The third-order valence-corrected chi connectivity index (χ3v) is 4.62. The van der Waals surface area contributed by atoms with Gasteiger partial charge in [0.05, 0.1) is 0 Å². The summed E-state index contributed by atoms with van der Waals surface area (Å²) in [5.41, 5.74) is 0. The van der Waals surface area contributed by atoms with Crippen molar-refractivity contribution in [1.82, 2.24) is 0 Å². The molecular formula is C18H36. The van der Waals surface area contributed by atoms with Crippen LogP contribution < -0.4 is 0 Å².